The van der Waals surface area contributed by atoms with Crippen LogP contribution >= 0.6 is 0 Å². The number of aromatic nitrogens is 2. The predicted octanol–water partition coefficient (Wildman–Crippen LogP) is 3.52. The van der Waals surface area contributed by atoms with Crippen LogP contribution in [0.25, 0.3) is 0 Å². The van der Waals surface area contributed by atoms with Gasteiger partial charge in [0.2, 0.25) is 0 Å². The number of rotatable bonds is 5. The quantitative estimate of drug-likeness (QED) is 0.780. The van der Waals surface area contributed by atoms with Gasteiger partial charge in [-0.05, 0) is 25.3 Å². The maximum absolute atomic E-state index is 12.7. The number of carbonyl (C=O) groups is 1. The van der Waals surface area contributed by atoms with E-state index < -0.39 is 5.41 Å². The summed E-state index contributed by atoms with van der Waals surface area (Å²) in [4.78, 5) is 21.8. The molecule has 1 aromatic heterocycles. The highest BCUT2D eigenvalue weighted by Crippen LogP contribution is 2.62. The molecule has 1 aliphatic rings. The predicted molar refractivity (Wildman–Crippen MR) is 94.9 cm³/mol. The van der Waals surface area contributed by atoms with Crippen LogP contribution in [-0.2, 0) is 14.9 Å². The van der Waals surface area contributed by atoms with Crippen molar-refractivity contribution in [3.05, 3.63) is 53.1 Å². The van der Waals surface area contributed by atoms with E-state index in [0.29, 0.717) is 18.1 Å². The summed E-state index contributed by atoms with van der Waals surface area (Å²) in [5.41, 5.74) is 2.95. The van der Waals surface area contributed by atoms with Crippen LogP contribution in [0.15, 0.2) is 30.6 Å². The second kappa shape index (κ2) is 6.47. The van der Waals surface area contributed by atoms with E-state index in [0.717, 1.165) is 22.5 Å². The molecule has 0 aliphatic heterocycles. The van der Waals surface area contributed by atoms with Crippen molar-refractivity contribution in [3.63, 3.8) is 0 Å². The second-order valence-electron chi connectivity index (χ2n) is 6.94. The number of benzene rings is 1. The molecule has 2 atom stereocenters. The maximum atomic E-state index is 12.7. The first kappa shape index (κ1) is 17.4. The smallest absolute Gasteiger partial charge is 0.317 e. The molecule has 25 heavy (non-hydrogen) atoms. The van der Waals surface area contributed by atoms with E-state index in [4.69, 9.17) is 9.47 Å². The summed E-state index contributed by atoms with van der Waals surface area (Å²) in [7, 11) is 3.04. The highest BCUT2D eigenvalue weighted by atomic mass is 16.5. The summed E-state index contributed by atoms with van der Waals surface area (Å²) in [5, 5.41) is 0. The summed E-state index contributed by atoms with van der Waals surface area (Å²) in [5.74, 6) is 0.716. The third-order valence-electron chi connectivity index (χ3n) is 4.99. The summed E-state index contributed by atoms with van der Waals surface area (Å²) >= 11 is 0. The van der Waals surface area contributed by atoms with Crippen molar-refractivity contribution in [2.24, 2.45) is 0 Å². The lowest BCUT2D eigenvalue weighted by Gasteiger charge is -2.19. The Kier molecular flexibility index (Phi) is 4.50. The average molecular weight is 340 g/mol. The Morgan fingerprint density at radius 2 is 2.00 bits per heavy atom. The highest BCUT2D eigenvalue weighted by Gasteiger charge is 2.64. The minimum Gasteiger partial charge on any atom is -0.496 e. The van der Waals surface area contributed by atoms with E-state index in [-0.39, 0.29) is 11.9 Å². The van der Waals surface area contributed by atoms with E-state index in [9.17, 15) is 4.79 Å². The fraction of sp³-hybridized carbons (Fsp3) is 0.450. The first-order valence-electron chi connectivity index (χ1n) is 8.49. The molecule has 1 fully saturated rings. The molecule has 0 saturated heterocycles. The molecule has 0 amide bonds. The molecular weight excluding hydrogens is 316 g/mol. The number of nitrogens with zero attached hydrogens (tertiary/aromatic N) is 2. The molecular formula is C20H24N2O3. The fourth-order valence-corrected chi connectivity index (χ4v) is 3.43. The minimum atomic E-state index is -0.750. The fourth-order valence-electron chi connectivity index (χ4n) is 3.43. The SMILES string of the molecule is COC(=O)[C@]1(c2cc(C)ccc2OC)C[C@H]1c1cnc(C(C)C)cn1. The number of methoxy groups -OCH3 is 2. The van der Waals surface area contributed by atoms with Crippen molar-refractivity contribution < 1.29 is 14.3 Å². The molecule has 0 N–H and O–H groups in total. The molecule has 2 aromatic rings. The molecule has 0 radical (unpaired) electrons. The normalized spacial score (nSPS) is 21.9. The minimum absolute atomic E-state index is 0.0515. The van der Waals surface area contributed by atoms with E-state index in [2.05, 4.69) is 23.8 Å². The van der Waals surface area contributed by atoms with Crippen LogP contribution < -0.4 is 4.74 Å². The average Bonchev–Trinajstić information content (AvgIpc) is 3.38. The van der Waals surface area contributed by atoms with Gasteiger partial charge in [0.25, 0.3) is 0 Å². The first-order chi connectivity index (χ1) is 11.9. The molecule has 1 saturated carbocycles. The summed E-state index contributed by atoms with van der Waals surface area (Å²) in [6.07, 6.45) is 4.23. The van der Waals surface area contributed by atoms with Crippen molar-refractivity contribution in [2.75, 3.05) is 14.2 Å². The van der Waals surface area contributed by atoms with Gasteiger partial charge in [0.15, 0.2) is 0 Å². The summed E-state index contributed by atoms with van der Waals surface area (Å²) in [6.45, 7) is 6.16. The number of aryl methyl sites for hydroxylation is 1. The second-order valence-corrected chi connectivity index (χ2v) is 6.94. The van der Waals surface area contributed by atoms with Crippen LogP contribution in [0.2, 0.25) is 0 Å². The molecule has 5 heteroatoms. The molecule has 1 aliphatic carbocycles. The molecule has 132 valence electrons. The van der Waals surface area contributed by atoms with E-state index in [1.165, 1.54) is 7.11 Å². The molecule has 0 spiro atoms. The zero-order valence-electron chi connectivity index (χ0n) is 15.4. The topological polar surface area (TPSA) is 61.3 Å². The van der Waals surface area contributed by atoms with Crippen LogP contribution in [-0.4, -0.2) is 30.2 Å². The Morgan fingerprint density at radius 3 is 2.56 bits per heavy atom. The van der Waals surface area contributed by atoms with Crippen LogP contribution in [0.4, 0.5) is 0 Å². The number of esters is 1. The molecule has 0 unspecified atom stereocenters. The first-order valence-corrected chi connectivity index (χ1v) is 8.49. The van der Waals surface area contributed by atoms with Gasteiger partial charge in [0, 0.05) is 23.9 Å². The number of ether oxygens (including phenoxy) is 2. The lowest BCUT2D eigenvalue weighted by atomic mass is 9.90. The van der Waals surface area contributed by atoms with Crippen LogP contribution in [0.3, 0.4) is 0 Å². The highest BCUT2D eigenvalue weighted by molar-refractivity contribution is 5.90. The van der Waals surface area contributed by atoms with E-state index in [1.54, 1.807) is 19.5 Å². The van der Waals surface area contributed by atoms with Gasteiger partial charge in [0.05, 0.1) is 25.6 Å². The van der Waals surface area contributed by atoms with Crippen molar-refractivity contribution in [1.29, 1.82) is 0 Å². The Morgan fingerprint density at radius 1 is 1.24 bits per heavy atom. The molecule has 1 aromatic carbocycles. The summed E-state index contributed by atoms with van der Waals surface area (Å²) in [6, 6.07) is 5.88. The van der Waals surface area contributed by atoms with Gasteiger partial charge in [-0.3, -0.25) is 14.8 Å². The Bertz CT molecular complexity index is 786. The number of hydrogen-bond acceptors (Lipinski definition) is 5. The number of hydrogen-bond donors (Lipinski definition) is 0. The largest absolute Gasteiger partial charge is 0.496 e. The monoisotopic (exact) mass is 340 g/mol. The van der Waals surface area contributed by atoms with Crippen molar-refractivity contribution in [2.45, 2.75) is 44.4 Å². The van der Waals surface area contributed by atoms with Gasteiger partial charge >= 0.3 is 5.97 Å². The number of carbonyl (C=O) groups excluding carboxylic acids is 1. The van der Waals surface area contributed by atoms with Gasteiger partial charge in [-0.25, -0.2) is 0 Å². The van der Waals surface area contributed by atoms with Crippen molar-refractivity contribution in [1.82, 2.24) is 9.97 Å². The zero-order chi connectivity index (χ0) is 18.2. The lowest BCUT2D eigenvalue weighted by molar-refractivity contribution is -0.143. The van der Waals surface area contributed by atoms with E-state index in [1.807, 2.05) is 25.1 Å². The Labute approximate surface area is 148 Å². The van der Waals surface area contributed by atoms with Crippen molar-refractivity contribution >= 4 is 5.97 Å². The van der Waals surface area contributed by atoms with E-state index >= 15 is 0 Å². The summed E-state index contributed by atoms with van der Waals surface area (Å²) < 4.78 is 10.7. The molecule has 1 heterocycles. The zero-order valence-corrected chi connectivity index (χ0v) is 15.4. The van der Waals surface area contributed by atoms with Gasteiger partial charge in [-0.15, -0.1) is 0 Å². The van der Waals surface area contributed by atoms with Gasteiger partial charge in [-0.2, -0.15) is 0 Å². The standard InChI is InChI=1S/C20H24N2O3/c1-12(2)16-10-22-17(11-21-16)15-9-20(15,19(23)25-5)14-8-13(3)6-7-18(14)24-4/h6-8,10-12,15H,9H2,1-5H3/t15-,20-/m0/s1. The molecule has 0 bridgehead atoms. The maximum Gasteiger partial charge on any atom is 0.317 e. The van der Waals surface area contributed by atoms with Gasteiger partial charge < -0.3 is 9.47 Å². The van der Waals surface area contributed by atoms with Crippen LogP contribution in [0.1, 0.15) is 54.6 Å². The van der Waals surface area contributed by atoms with Crippen molar-refractivity contribution in [3.8, 4) is 5.75 Å². The molecule has 3 rings (SSSR count). The third kappa shape index (κ3) is 2.88. The lowest BCUT2D eigenvalue weighted by Crippen LogP contribution is -2.25. The van der Waals surface area contributed by atoms with Gasteiger partial charge in [0.1, 0.15) is 11.2 Å². The molecule has 5 nitrogen and oxygen atoms in total. The van der Waals surface area contributed by atoms with Crippen LogP contribution in [0.5, 0.6) is 5.75 Å². The third-order valence-corrected chi connectivity index (χ3v) is 4.99. The van der Waals surface area contributed by atoms with Gasteiger partial charge in [-0.1, -0.05) is 31.5 Å². The van der Waals surface area contributed by atoms with Crippen LogP contribution in [0, 0.1) is 6.92 Å². The Hall–Kier alpha value is -2.43. The Balaban J connectivity index is 2.04.